The lowest BCUT2D eigenvalue weighted by molar-refractivity contribution is 0.0936. The van der Waals surface area contributed by atoms with Crippen LogP contribution in [0.4, 0.5) is 0 Å². The molecule has 158 valence electrons. The zero-order valence-electron chi connectivity index (χ0n) is 17.4. The van der Waals surface area contributed by atoms with Gasteiger partial charge in [0.05, 0.1) is 23.9 Å². The summed E-state index contributed by atoms with van der Waals surface area (Å²) in [6, 6.07) is 9.75. The molecule has 0 fully saturated rings. The summed E-state index contributed by atoms with van der Waals surface area (Å²) in [5.41, 5.74) is 2.93. The number of nitrogens with one attached hydrogen (secondary N) is 1. The van der Waals surface area contributed by atoms with Crippen LogP contribution in [0.1, 0.15) is 47.1 Å². The highest BCUT2D eigenvalue weighted by molar-refractivity contribution is 5.95. The van der Waals surface area contributed by atoms with E-state index in [4.69, 9.17) is 13.7 Å². The van der Waals surface area contributed by atoms with Gasteiger partial charge in [-0.2, -0.15) is 0 Å². The number of carbonyl (C=O) groups excluding carboxylic acids is 1. The van der Waals surface area contributed by atoms with Crippen molar-refractivity contribution in [1.82, 2.24) is 15.4 Å². The summed E-state index contributed by atoms with van der Waals surface area (Å²) in [5.74, 6) is 2.05. The van der Waals surface area contributed by atoms with Gasteiger partial charge in [0, 0.05) is 13.1 Å². The van der Waals surface area contributed by atoms with Crippen molar-refractivity contribution in [2.75, 3.05) is 19.6 Å². The highest BCUT2D eigenvalue weighted by Gasteiger charge is 2.28. The summed E-state index contributed by atoms with van der Waals surface area (Å²) in [4.78, 5) is 15.0. The molecule has 2 aromatic heterocycles. The maximum absolute atomic E-state index is 12.7. The minimum absolute atomic E-state index is 0.242. The predicted octanol–water partition coefficient (Wildman–Crippen LogP) is 4.17. The van der Waals surface area contributed by atoms with Crippen LogP contribution in [0.2, 0.25) is 0 Å². The number of carbonyl (C=O) groups is 1. The molecule has 1 aliphatic heterocycles. The number of hydrogen-bond acceptors (Lipinski definition) is 6. The Balaban J connectivity index is 1.39. The Kier molecular flexibility index (Phi) is 6.18. The topological polar surface area (TPSA) is 80.7 Å². The van der Waals surface area contributed by atoms with E-state index in [1.165, 1.54) is 0 Å². The zero-order chi connectivity index (χ0) is 20.9. The number of rotatable bonds is 9. The Morgan fingerprint density at radius 3 is 2.97 bits per heavy atom. The molecule has 0 radical (unpaired) electrons. The molecule has 0 aliphatic carbocycles. The highest BCUT2D eigenvalue weighted by Crippen LogP contribution is 2.39. The second-order valence-electron chi connectivity index (χ2n) is 7.59. The molecule has 0 atom stereocenters. The van der Waals surface area contributed by atoms with Crippen molar-refractivity contribution in [3.63, 3.8) is 0 Å². The number of furan rings is 1. The summed E-state index contributed by atoms with van der Waals surface area (Å²) >= 11 is 0. The average molecular weight is 409 g/mol. The molecule has 1 aromatic carbocycles. The van der Waals surface area contributed by atoms with E-state index in [1.54, 1.807) is 6.26 Å². The third kappa shape index (κ3) is 4.41. The van der Waals surface area contributed by atoms with Crippen molar-refractivity contribution in [2.45, 2.75) is 39.8 Å². The fourth-order valence-electron chi connectivity index (χ4n) is 3.62. The van der Waals surface area contributed by atoms with E-state index < -0.39 is 0 Å². The third-order valence-electron chi connectivity index (χ3n) is 5.26. The molecule has 3 heterocycles. The van der Waals surface area contributed by atoms with E-state index in [9.17, 15) is 4.79 Å². The lowest BCUT2D eigenvalue weighted by Gasteiger charge is -2.21. The van der Waals surface area contributed by atoms with Gasteiger partial charge < -0.3 is 19.0 Å². The number of amides is 1. The van der Waals surface area contributed by atoms with E-state index in [2.05, 4.69) is 22.3 Å². The molecule has 0 bridgehead atoms. The fourth-order valence-corrected chi connectivity index (χ4v) is 3.62. The van der Waals surface area contributed by atoms with Crippen LogP contribution in [-0.4, -0.2) is 35.6 Å². The number of unbranched alkanes of at least 4 members (excludes halogenated alkanes) is 1. The summed E-state index contributed by atoms with van der Waals surface area (Å²) in [6.45, 7) is 7.38. The van der Waals surface area contributed by atoms with Gasteiger partial charge in [0.2, 0.25) is 0 Å². The molecule has 1 N–H and O–H groups in total. The smallest absolute Gasteiger partial charge is 0.273 e. The number of aromatic nitrogens is 1. The molecule has 0 saturated heterocycles. The van der Waals surface area contributed by atoms with Crippen LogP contribution in [0.3, 0.4) is 0 Å². The predicted molar refractivity (Wildman–Crippen MR) is 112 cm³/mol. The molecule has 30 heavy (non-hydrogen) atoms. The van der Waals surface area contributed by atoms with Gasteiger partial charge in [0.15, 0.2) is 11.5 Å². The van der Waals surface area contributed by atoms with E-state index in [0.717, 1.165) is 55.1 Å². The Bertz CT molecular complexity index is 994. The van der Waals surface area contributed by atoms with E-state index in [0.29, 0.717) is 23.6 Å². The Hall–Kier alpha value is -3.06. The number of nitrogens with zero attached hydrogens (tertiary/aromatic N) is 2. The average Bonchev–Trinajstić information content (AvgIpc) is 3.41. The van der Waals surface area contributed by atoms with E-state index in [-0.39, 0.29) is 12.5 Å². The van der Waals surface area contributed by atoms with Crippen LogP contribution >= 0.6 is 0 Å². The van der Waals surface area contributed by atoms with Crippen LogP contribution in [-0.2, 0) is 13.2 Å². The first kappa shape index (κ1) is 20.2. The first-order chi connectivity index (χ1) is 14.7. The summed E-state index contributed by atoms with van der Waals surface area (Å²) in [6.07, 6.45) is 3.90. The molecule has 4 rings (SSSR count). The van der Waals surface area contributed by atoms with Crippen molar-refractivity contribution in [3.8, 4) is 17.1 Å². The van der Waals surface area contributed by atoms with E-state index in [1.807, 2.05) is 37.3 Å². The quantitative estimate of drug-likeness (QED) is 0.571. The van der Waals surface area contributed by atoms with Gasteiger partial charge in [-0.3, -0.25) is 9.69 Å². The summed E-state index contributed by atoms with van der Waals surface area (Å²) in [7, 11) is 0. The maximum atomic E-state index is 12.7. The van der Waals surface area contributed by atoms with Crippen molar-refractivity contribution < 1.29 is 18.5 Å². The molecular weight excluding hydrogens is 382 g/mol. The lowest BCUT2D eigenvalue weighted by Crippen LogP contribution is -2.35. The Morgan fingerprint density at radius 1 is 1.27 bits per heavy atom. The van der Waals surface area contributed by atoms with Crippen LogP contribution in [0.25, 0.3) is 11.3 Å². The maximum Gasteiger partial charge on any atom is 0.273 e. The minimum atomic E-state index is -0.242. The molecule has 0 unspecified atom stereocenters. The molecule has 0 saturated carbocycles. The van der Waals surface area contributed by atoms with Gasteiger partial charge in [0.25, 0.3) is 5.91 Å². The number of aryl methyl sites for hydroxylation is 1. The Labute approximate surface area is 176 Å². The fraction of sp³-hybridized carbons (Fsp3) is 0.391. The SMILES string of the molecule is CCCCN(CCNC(=O)c1noc2c1COc1ccc(C)cc1-2)Cc1ccco1. The van der Waals surface area contributed by atoms with Gasteiger partial charge in [-0.25, -0.2) is 0 Å². The molecule has 1 amide bonds. The highest BCUT2D eigenvalue weighted by atomic mass is 16.5. The van der Waals surface area contributed by atoms with Gasteiger partial charge in [-0.05, 0) is 44.2 Å². The van der Waals surface area contributed by atoms with Crippen LogP contribution in [0, 0.1) is 6.92 Å². The third-order valence-corrected chi connectivity index (χ3v) is 5.26. The summed E-state index contributed by atoms with van der Waals surface area (Å²) in [5, 5.41) is 7.01. The van der Waals surface area contributed by atoms with Gasteiger partial charge in [-0.15, -0.1) is 0 Å². The molecule has 0 spiro atoms. The standard InChI is InChI=1S/C23H27N3O4/c1-3-4-10-26(14-17-6-5-12-28-17)11-9-24-23(27)21-19-15-29-20-8-7-16(2)13-18(20)22(19)30-25-21/h5-8,12-13H,3-4,9-11,14-15H2,1-2H3,(H,24,27). The zero-order valence-corrected chi connectivity index (χ0v) is 17.4. The second-order valence-corrected chi connectivity index (χ2v) is 7.59. The number of benzene rings is 1. The van der Waals surface area contributed by atoms with Gasteiger partial charge in [0.1, 0.15) is 18.1 Å². The van der Waals surface area contributed by atoms with Crippen LogP contribution in [0.5, 0.6) is 5.75 Å². The largest absolute Gasteiger partial charge is 0.488 e. The number of ether oxygens (including phenoxy) is 1. The van der Waals surface area contributed by atoms with Crippen LogP contribution in [0.15, 0.2) is 45.5 Å². The molecule has 1 aliphatic rings. The van der Waals surface area contributed by atoms with Crippen molar-refractivity contribution in [2.24, 2.45) is 0 Å². The minimum Gasteiger partial charge on any atom is -0.488 e. The van der Waals surface area contributed by atoms with Gasteiger partial charge >= 0.3 is 0 Å². The molecule has 3 aromatic rings. The first-order valence-electron chi connectivity index (χ1n) is 10.4. The number of hydrogen-bond donors (Lipinski definition) is 1. The van der Waals surface area contributed by atoms with Crippen molar-refractivity contribution in [3.05, 3.63) is 59.2 Å². The first-order valence-corrected chi connectivity index (χ1v) is 10.4. The van der Waals surface area contributed by atoms with Crippen molar-refractivity contribution in [1.29, 1.82) is 0 Å². The molecule has 7 heteroatoms. The molecular formula is C23H27N3O4. The summed E-state index contributed by atoms with van der Waals surface area (Å²) < 4.78 is 16.8. The van der Waals surface area contributed by atoms with Crippen molar-refractivity contribution >= 4 is 5.91 Å². The normalized spacial score (nSPS) is 12.4. The van der Waals surface area contributed by atoms with Crippen LogP contribution < -0.4 is 10.1 Å². The Morgan fingerprint density at radius 2 is 2.17 bits per heavy atom. The monoisotopic (exact) mass is 409 g/mol. The second kappa shape index (κ2) is 9.17. The van der Waals surface area contributed by atoms with Gasteiger partial charge in [-0.1, -0.05) is 30.1 Å². The van der Waals surface area contributed by atoms with E-state index >= 15 is 0 Å². The lowest BCUT2D eigenvalue weighted by atomic mass is 10.0. The molecule has 7 nitrogen and oxygen atoms in total. The number of fused-ring (bicyclic) bond motifs is 3.